The fourth-order valence-corrected chi connectivity index (χ4v) is 1.01. The van der Waals surface area contributed by atoms with Gasteiger partial charge in [0.25, 0.3) is 0 Å². The Balaban J connectivity index is 3.12. The number of hydrogen-bond donors (Lipinski definition) is 0. The van der Waals surface area contributed by atoms with Gasteiger partial charge in [-0.25, -0.2) is 4.98 Å². The number of pyridine rings is 1. The molecule has 0 spiro atoms. The van der Waals surface area contributed by atoms with Crippen LogP contribution in [0.1, 0.15) is 11.3 Å². The Morgan fingerprint density at radius 3 is 2.82 bits per heavy atom. The number of aromatic nitrogens is 1. The molecule has 1 heterocycles. The standard InChI is InChI=1S/C7H4Cl2N2/c8-2-5-1-6(9)7(3-10)11-4-5/h1,4H,2H2. The highest BCUT2D eigenvalue weighted by Crippen LogP contribution is 2.14. The van der Waals surface area contributed by atoms with Gasteiger partial charge >= 0.3 is 0 Å². The molecule has 4 heteroatoms. The van der Waals surface area contributed by atoms with Crippen LogP contribution >= 0.6 is 23.2 Å². The number of rotatable bonds is 1. The second-order valence-electron chi connectivity index (χ2n) is 1.92. The van der Waals surface area contributed by atoms with Crippen LogP contribution in [0.25, 0.3) is 0 Å². The molecule has 0 amide bonds. The van der Waals surface area contributed by atoms with Gasteiger partial charge in [-0.2, -0.15) is 5.26 Å². The van der Waals surface area contributed by atoms with Crippen molar-refractivity contribution in [1.82, 2.24) is 4.98 Å². The highest BCUT2D eigenvalue weighted by Gasteiger charge is 2.00. The lowest BCUT2D eigenvalue weighted by molar-refractivity contribution is 1.21. The van der Waals surface area contributed by atoms with Crippen LogP contribution in [0.4, 0.5) is 0 Å². The van der Waals surface area contributed by atoms with Crippen molar-refractivity contribution >= 4 is 23.2 Å². The Bertz CT molecular complexity index is 304. The second kappa shape index (κ2) is 3.56. The zero-order chi connectivity index (χ0) is 8.27. The fourth-order valence-electron chi connectivity index (χ4n) is 0.633. The first-order valence-electron chi connectivity index (χ1n) is 2.88. The van der Waals surface area contributed by atoms with Crippen LogP contribution in [0.2, 0.25) is 5.02 Å². The van der Waals surface area contributed by atoms with Crippen molar-refractivity contribution in [3.63, 3.8) is 0 Å². The number of alkyl halides is 1. The Morgan fingerprint density at radius 2 is 2.36 bits per heavy atom. The molecule has 0 radical (unpaired) electrons. The maximum Gasteiger partial charge on any atom is 0.159 e. The number of nitrogens with zero attached hydrogens (tertiary/aromatic N) is 2. The molecule has 56 valence electrons. The van der Waals surface area contributed by atoms with Gasteiger partial charge in [0.05, 0.1) is 5.02 Å². The minimum absolute atomic E-state index is 0.237. The van der Waals surface area contributed by atoms with Gasteiger partial charge in [-0.1, -0.05) is 11.6 Å². The van der Waals surface area contributed by atoms with E-state index in [9.17, 15) is 0 Å². The first-order valence-corrected chi connectivity index (χ1v) is 3.79. The summed E-state index contributed by atoms with van der Waals surface area (Å²) in [4.78, 5) is 3.79. The van der Waals surface area contributed by atoms with E-state index < -0.39 is 0 Å². The smallest absolute Gasteiger partial charge is 0.159 e. The average Bonchev–Trinajstić information content (AvgIpc) is 2.04. The van der Waals surface area contributed by atoms with Crippen LogP contribution in [0, 0.1) is 11.3 Å². The number of nitriles is 1. The molecule has 1 rings (SSSR count). The van der Waals surface area contributed by atoms with Crippen molar-refractivity contribution < 1.29 is 0 Å². The topological polar surface area (TPSA) is 36.7 Å². The highest BCUT2D eigenvalue weighted by atomic mass is 35.5. The molecule has 0 atom stereocenters. The maximum absolute atomic E-state index is 8.45. The number of hydrogen-bond acceptors (Lipinski definition) is 2. The van der Waals surface area contributed by atoms with Crippen molar-refractivity contribution in [1.29, 1.82) is 5.26 Å². The minimum Gasteiger partial charge on any atom is -0.244 e. The van der Waals surface area contributed by atoms with Gasteiger partial charge in [-0.05, 0) is 11.6 Å². The molecule has 0 bridgehead atoms. The summed E-state index contributed by atoms with van der Waals surface area (Å²) < 4.78 is 0. The van der Waals surface area contributed by atoms with Gasteiger partial charge in [-0.3, -0.25) is 0 Å². The maximum atomic E-state index is 8.45. The molecule has 0 aromatic carbocycles. The first-order chi connectivity index (χ1) is 5.27. The minimum atomic E-state index is 0.237. The molecule has 0 aliphatic rings. The average molecular weight is 187 g/mol. The van der Waals surface area contributed by atoms with Crippen molar-refractivity contribution in [3.05, 3.63) is 28.5 Å². The SMILES string of the molecule is N#Cc1ncc(CCl)cc1Cl. The van der Waals surface area contributed by atoms with E-state index in [2.05, 4.69) is 4.98 Å². The summed E-state index contributed by atoms with van der Waals surface area (Å²) in [5, 5.41) is 8.80. The third kappa shape index (κ3) is 1.83. The third-order valence-corrected chi connectivity index (χ3v) is 1.75. The zero-order valence-corrected chi connectivity index (χ0v) is 7.02. The van der Waals surface area contributed by atoms with E-state index in [1.165, 1.54) is 6.20 Å². The molecule has 0 unspecified atom stereocenters. The molecule has 1 aromatic rings. The summed E-state index contributed by atoms with van der Waals surface area (Å²) >= 11 is 11.2. The van der Waals surface area contributed by atoms with Gasteiger partial charge in [0.1, 0.15) is 6.07 Å². The van der Waals surface area contributed by atoms with E-state index in [0.29, 0.717) is 10.9 Å². The van der Waals surface area contributed by atoms with E-state index in [4.69, 9.17) is 28.5 Å². The normalized spacial score (nSPS) is 9.18. The third-order valence-electron chi connectivity index (χ3n) is 1.16. The predicted molar refractivity (Wildman–Crippen MR) is 43.5 cm³/mol. The Morgan fingerprint density at radius 1 is 1.64 bits per heavy atom. The van der Waals surface area contributed by atoms with E-state index in [1.807, 2.05) is 6.07 Å². The molecular weight excluding hydrogens is 183 g/mol. The Hall–Kier alpha value is -0.780. The Kier molecular flexibility index (Phi) is 2.70. The van der Waals surface area contributed by atoms with Crippen LogP contribution in [0.5, 0.6) is 0 Å². The molecule has 0 N–H and O–H groups in total. The molecule has 0 saturated carbocycles. The van der Waals surface area contributed by atoms with Gasteiger partial charge in [0.15, 0.2) is 5.69 Å². The molecule has 2 nitrogen and oxygen atoms in total. The molecular formula is C7H4Cl2N2. The lowest BCUT2D eigenvalue weighted by Crippen LogP contribution is -1.86. The van der Waals surface area contributed by atoms with Crippen molar-refractivity contribution in [2.24, 2.45) is 0 Å². The first kappa shape index (κ1) is 8.32. The summed E-state index contributed by atoms with van der Waals surface area (Å²) in [7, 11) is 0. The van der Waals surface area contributed by atoms with E-state index in [1.54, 1.807) is 6.07 Å². The van der Waals surface area contributed by atoms with Crippen LogP contribution in [0.3, 0.4) is 0 Å². The lowest BCUT2D eigenvalue weighted by atomic mass is 10.3. The quantitative estimate of drug-likeness (QED) is 0.632. The van der Waals surface area contributed by atoms with E-state index >= 15 is 0 Å². The summed E-state index contributed by atoms with van der Waals surface area (Å²) in [6, 6.07) is 3.50. The van der Waals surface area contributed by atoms with Crippen LogP contribution < -0.4 is 0 Å². The summed E-state index contributed by atoms with van der Waals surface area (Å²) in [5.41, 5.74) is 1.05. The predicted octanol–water partition coefficient (Wildman–Crippen LogP) is 2.35. The van der Waals surface area contributed by atoms with Crippen LogP contribution in [-0.4, -0.2) is 4.98 Å². The van der Waals surface area contributed by atoms with Gasteiger partial charge in [-0.15, -0.1) is 11.6 Å². The second-order valence-corrected chi connectivity index (χ2v) is 2.59. The molecule has 0 saturated heterocycles. The summed E-state index contributed by atoms with van der Waals surface area (Å²) in [6.07, 6.45) is 1.54. The lowest BCUT2D eigenvalue weighted by Gasteiger charge is -1.95. The molecule has 0 aliphatic heterocycles. The fraction of sp³-hybridized carbons (Fsp3) is 0.143. The van der Waals surface area contributed by atoms with E-state index in [-0.39, 0.29) is 5.69 Å². The van der Waals surface area contributed by atoms with Crippen LogP contribution in [0.15, 0.2) is 12.3 Å². The van der Waals surface area contributed by atoms with E-state index in [0.717, 1.165) is 5.56 Å². The molecule has 0 aliphatic carbocycles. The monoisotopic (exact) mass is 186 g/mol. The zero-order valence-electron chi connectivity index (χ0n) is 5.51. The van der Waals surface area contributed by atoms with Gasteiger partial charge < -0.3 is 0 Å². The van der Waals surface area contributed by atoms with Crippen molar-refractivity contribution in [3.8, 4) is 6.07 Å². The van der Waals surface area contributed by atoms with Crippen LogP contribution in [-0.2, 0) is 5.88 Å². The molecule has 1 aromatic heterocycles. The molecule has 11 heavy (non-hydrogen) atoms. The summed E-state index contributed by atoms with van der Waals surface area (Å²) in [5.74, 6) is 0.360. The largest absolute Gasteiger partial charge is 0.244 e. The Labute approximate surface area is 74.4 Å². The van der Waals surface area contributed by atoms with Gasteiger partial charge in [0, 0.05) is 12.1 Å². The summed E-state index contributed by atoms with van der Waals surface area (Å²) in [6.45, 7) is 0. The van der Waals surface area contributed by atoms with Crippen molar-refractivity contribution in [2.75, 3.05) is 0 Å². The molecule has 0 fully saturated rings. The van der Waals surface area contributed by atoms with Crippen molar-refractivity contribution in [2.45, 2.75) is 5.88 Å². The highest BCUT2D eigenvalue weighted by molar-refractivity contribution is 6.31. The van der Waals surface area contributed by atoms with Gasteiger partial charge in [0.2, 0.25) is 0 Å². The number of halogens is 2.